The summed E-state index contributed by atoms with van der Waals surface area (Å²) in [5.41, 5.74) is 6.28. The van der Waals surface area contributed by atoms with Gasteiger partial charge in [0.2, 0.25) is 5.91 Å². The number of carbonyl (C=O) groups excluding carboxylic acids is 1. The summed E-state index contributed by atoms with van der Waals surface area (Å²) in [6, 6.07) is 7.32. The minimum Gasteiger partial charge on any atom is -0.332 e. The lowest BCUT2D eigenvalue weighted by Gasteiger charge is -2.28. The summed E-state index contributed by atoms with van der Waals surface area (Å²) in [5, 5.41) is 0. The highest BCUT2D eigenvalue weighted by molar-refractivity contribution is 5.83. The van der Waals surface area contributed by atoms with Crippen molar-refractivity contribution < 1.29 is 18.0 Å². The van der Waals surface area contributed by atoms with Gasteiger partial charge in [-0.25, -0.2) is 0 Å². The van der Waals surface area contributed by atoms with Crippen LogP contribution >= 0.6 is 0 Å². The van der Waals surface area contributed by atoms with E-state index < -0.39 is 24.7 Å². The van der Waals surface area contributed by atoms with Crippen LogP contribution in [0.25, 0.3) is 0 Å². The lowest BCUT2D eigenvalue weighted by Crippen LogP contribution is -2.45. The third-order valence-corrected chi connectivity index (χ3v) is 2.69. The molecular weight excluding hydrogens is 269 g/mol. The topological polar surface area (TPSA) is 46.3 Å². The average Bonchev–Trinajstić information content (AvgIpc) is 2.35. The maximum atomic E-state index is 12.5. The highest BCUT2D eigenvalue weighted by atomic mass is 19.4. The molecule has 1 aromatic carbocycles. The van der Waals surface area contributed by atoms with Crippen molar-refractivity contribution in [3.8, 4) is 0 Å². The largest absolute Gasteiger partial charge is 0.406 e. The smallest absolute Gasteiger partial charge is 0.332 e. The minimum absolute atomic E-state index is 0.0267. The summed E-state index contributed by atoms with van der Waals surface area (Å²) in [5.74, 6) is -0.772. The van der Waals surface area contributed by atoms with Crippen LogP contribution in [-0.2, 0) is 4.79 Å². The van der Waals surface area contributed by atoms with E-state index in [9.17, 15) is 18.0 Å². The number of carbonyl (C=O) groups is 1. The van der Waals surface area contributed by atoms with Gasteiger partial charge >= 0.3 is 6.18 Å². The molecule has 0 bridgehead atoms. The van der Waals surface area contributed by atoms with Gasteiger partial charge in [-0.15, -0.1) is 0 Å². The van der Waals surface area contributed by atoms with E-state index in [0.29, 0.717) is 5.56 Å². The zero-order valence-corrected chi connectivity index (χ0v) is 11.5. The van der Waals surface area contributed by atoms with Crippen LogP contribution in [-0.4, -0.2) is 30.1 Å². The Labute approximate surface area is 116 Å². The number of hydrogen-bond acceptors (Lipinski definition) is 2. The molecule has 0 spiro atoms. The summed E-state index contributed by atoms with van der Waals surface area (Å²) in [6.45, 7) is 2.26. The fourth-order valence-electron chi connectivity index (χ4n) is 1.89. The van der Waals surface area contributed by atoms with E-state index in [1.807, 2.05) is 0 Å². The Morgan fingerprint density at radius 3 is 2.25 bits per heavy atom. The van der Waals surface area contributed by atoms with Gasteiger partial charge in [-0.05, 0) is 11.5 Å². The molecule has 0 saturated heterocycles. The molecule has 0 radical (unpaired) electrons. The van der Waals surface area contributed by atoms with Crippen LogP contribution in [0.3, 0.4) is 0 Å². The van der Waals surface area contributed by atoms with Gasteiger partial charge in [-0.1, -0.05) is 44.2 Å². The molecule has 1 amide bonds. The van der Waals surface area contributed by atoms with Gasteiger partial charge in [-0.3, -0.25) is 4.79 Å². The van der Waals surface area contributed by atoms with Crippen LogP contribution in [0.2, 0.25) is 0 Å². The number of benzene rings is 1. The molecule has 20 heavy (non-hydrogen) atoms. The second kappa shape index (κ2) is 6.74. The molecule has 0 saturated carbocycles. The van der Waals surface area contributed by atoms with E-state index >= 15 is 0 Å². The zero-order chi connectivity index (χ0) is 15.3. The van der Waals surface area contributed by atoms with Crippen LogP contribution in [0.15, 0.2) is 30.3 Å². The third-order valence-electron chi connectivity index (χ3n) is 2.69. The summed E-state index contributed by atoms with van der Waals surface area (Å²) >= 11 is 0. The van der Waals surface area contributed by atoms with Crippen molar-refractivity contribution >= 4 is 5.91 Å². The second-order valence-electron chi connectivity index (χ2n) is 5.12. The van der Waals surface area contributed by atoms with Crippen LogP contribution in [0, 0.1) is 5.92 Å². The molecule has 0 aliphatic heterocycles. The van der Waals surface area contributed by atoms with E-state index in [0.717, 1.165) is 4.90 Å². The van der Waals surface area contributed by atoms with E-state index in [4.69, 9.17) is 5.73 Å². The summed E-state index contributed by atoms with van der Waals surface area (Å²) in [6.07, 6.45) is -4.43. The molecule has 3 nitrogen and oxygen atoms in total. The molecule has 1 atom stereocenters. The minimum atomic E-state index is -4.43. The monoisotopic (exact) mass is 288 g/mol. The van der Waals surface area contributed by atoms with Crippen LogP contribution in [0.5, 0.6) is 0 Å². The first-order valence-electron chi connectivity index (χ1n) is 6.37. The number of amides is 1. The third kappa shape index (κ3) is 5.21. The molecule has 0 unspecified atom stereocenters. The van der Waals surface area contributed by atoms with Gasteiger partial charge in [0.05, 0.1) is 0 Å². The van der Waals surface area contributed by atoms with Crippen molar-refractivity contribution in [2.75, 3.05) is 13.1 Å². The number of nitrogens with zero attached hydrogens (tertiary/aromatic N) is 1. The van der Waals surface area contributed by atoms with E-state index in [-0.39, 0.29) is 12.5 Å². The molecule has 1 rings (SSSR count). The maximum Gasteiger partial charge on any atom is 0.406 e. The van der Waals surface area contributed by atoms with E-state index in [1.54, 1.807) is 44.2 Å². The molecule has 0 aliphatic rings. The van der Waals surface area contributed by atoms with Gasteiger partial charge in [0.15, 0.2) is 0 Å². The fraction of sp³-hybridized carbons (Fsp3) is 0.500. The number of halogens is 3. The highest BCUT2D eigenvalue weighted by Gasteiger charge is 2.35. The van der Waals surface area contributed by atoms with Crippen molar-refractivity contribution in [1.82, 2.24) is 4.90 Å². The van der Waals surface area contributed by atoms with Crippen LogP contribution in [0.1, 0.15) is 25.5 Å². The first-order chi connectivity index (χ1) is 9.20. The highest BCUT2D eigenvalue weighted by Crippen LogP contribution is 2.20. The normalized spacial score (nSPS) is 13.3. The Balaban J connectivity index is 2.87. The van der Waals surface area contributed by atoms with Gasteiger partial charge in [-0.2, -0.15) is 13.2 Å². The summed E-state index contributed by atoms with van der Waals surface area (Å²) in [7, 11) is 0. The SMILES string of the molecule is CC(C)CN(CC(F)(F)F)C(=O)[C@@H](N)c1ccccc1. The molecule has 0 aliphatic carbocycles. The number of hydrogen-bond donors (Lipinski definition) is 1. The Bertz CT molecular complexity index is 432. The molecule has 1 aromatic rings. The molecule has 0 fully saturated rings. The molecule has 0 aromatic heterocycles. The molecule has 0 heterocycles. The maximum absolute atomic E-state index is 12.5. The van der Waals surface area contributed by atoms with Crippen molar-refractivity contribution in [2.24, 2.45) is 11.7 Å². The van der Waals surface area contributed by atoms with Gasteiger partial charge in [0.25, 0.3) is 0 Å². The number of rotatable bonds is 5. The summed E-state index contributed by atoms with van der Waals surface area (Å²) < 4.78 is 37.6. The van der Waals surface area contributed by atoms with Gasteiger partial charge in [0.1, 0.15) is 12.6 Å². The van der Waals surface area contributed by atoms with Crippen molar-refractivity contribution in [2.45, 2.75) is 26.1 Å². The average molecular weight is 288 g/mol. The first kappa shape index (κ1) is 16.5. The Morgan fingerprint density at radius 2 is 1.80 bits per heavy atom. The number of alkyl halides is 3. The predicted octanol–water partition coefficient (Wildman–Crippen LogP) is 2.73. The Kier molecular flexibility index (Phi) is 5.56. The second-order valence-corrected chi connectivity index (χ2v) is 5.12. The Morgan fingerprint density at radius 1 is 1.25 bits per heavy atom. The molecule has 2 N–H and O–H groups in total. The van der Waals surface area contributed by atoms with Gasteiger partial charge < -0.3 is 10.6 Å². The van der Waals surface area contributed by atoms with Crippen molar-refractivity contribution in [1.29, 1.82) is 0 Å². The lowest BCUT2D eigenvalue weighted by molar-refractivity contribution is -0.163. The van der Waals surface area contributed by atoms with Crippen molar-refractivity contribution in [3.05, 3.63) is 35.9 Å². The summed E-state index contributed by atoms with van der Waals surface area (Å²) in [4.78, 5) is 12.9. The zero-order valence-electron chi connectivity index (χ0n) is 11.5. The lowest BCUT2D eigenvalue weighted by atomic mass is 10.1. The fourth-order valence-corrected chi connectivity index (χ4v) is 1.89. The van der Waals surface area contributed by atoms with E-state index in [1.165, 1.54) is 0 Å². The molecule has 6 heteroatoms. The van der Waals surface area contributed by atoms with E-state index in [2.05, 4.69) is 0 Å². The van der Waals surface area contributed by atoms with Gasteiger partial charge in [0, 0.05) is 6.54 Å². The van der Waals surface area contributed by atoms with Crippen LogP contribution in [0.4, 0.5) is 13.2 Å². The standard InChI is InChI=1S/C14H19F3N2O/c1-10(2)8-19(9-14(15,16)17)13(20)12(18)11-6-4-3-5-7-11/h3-7,10,12H,8-9,18H2,1-2H3/t12-/m0/s1. The molecular formula is C14H19F3N2O. The van der Waals surface area contributed by atoms with Crippen LogP contribution < -0.4 is 5.73 Å². The quantitative estimate of drug-likeness (QED) is 0.905. The predicted molar refractivity (Wildman–Crippen MR) is 70.8 cm³/mol. The molecule has 112 valence electrons. The Hall–Kier alpha value is -1.56. The number of nitrogens with two attached hydrogens (primary N) is 1. The first-order valence-corrected chi connectivity index (χ1v) is 6.37. The van der Waals surface area contributed by atoms with Crippen molar-refractivity contribution in [3.63, 3.8) is 0 Å².